The van der Waals surface area contributed by atoms with E-state index in [1.165, 1.54) is 0 Å². The summed E-state index contributed by atoms with van der Waals surface area (Å²) >= 11 is 5.77. The molecule has 1 fully saturated rings. The van der Waals surface area contributed by atoms with Crippen molar-refractivity contribution in [3.8, 4) is 0 Å². The van der Waals surface area contributed by atoms with Gasteiger partial charge in [0, 0.05) is 26.0 Å². The summed E-state index contributed by atoms with van der Waals surface area (Å²) in [7, 11) is 1.96. The van der Waals surface area contributed by atoms with Crippen molar-refractivity contribution in [3.05, 3.63) is 35.6 Å². The van der Waals surface area contributed by atoms with Crippen molar-refractivity contribution < 1.29 is 4.74 Å². The first-order valence-corrected chi connectivity index (χ1v) is 6.45. The molecule has 0 spiro atoms. The lowest BCUT2D eigenvalue weighted by Gasteiger charge is -2.19. The van der Waals surface area contributed by atoms with Gasteiger partial charge in [-0.2, -0.15) is 0 Å². The molecule has 0 bridgehead atoms. The maximum absolute atomic E-state index is 5.77. The van der Waals surface area contributed by atoms with Crippen LogP contribution in [0.1, 0.15) is 18.3 Å². The average molecular weight is 280 g/mol. The van der Waals surface area contributed by atoms with Crippen LogP contribution >= 0.6 is 11.6 Å². The summed E-state index contributed by atoms with van der Waals surface area (Å²) in [6.45, 7) is 0.697. The van der Waals surface area contributed by atoms with E-state index in [-0.39, 0.29) is 12.1 Å². The SMILES string of the molecule is Cn1ccnc1[C@H]1OCC[C@@H]1Nc1ncc(Cl)cn1. The van der Waals surface area contributed by atoms with E-state index in [1.807, 2.05) is 17.8 Å². The molecule has 6 nitrogen and oxygen atoms in total. The number of halogens is 1. The molecule has 3 heterocycles. The quantitative estimate of drug-likeness (QED) is 0.928. The summed E-state index contributed by atoms with van der Waals surface area (Å²) < 4.78 is 7.72. The highest BCUT2D eigenvalue weighted by atomic mass is 35.5. The van der Waals surface area contributed by atoms with E-state index in [0.717, 1.165) is 12.2 Å². The van der Waals surface area contributed by atoms with Crippen molar-refractivity contribution >= 4 is 17.5 Å². The second-order valence-electron chi connectivity index (χ2n) is 4.45. The largest absolute Gasteiger partial charge is 0.368 e. The van der Waals surface area contributed by atoms with Crippen molar-refractivity contribution in [1.82, 2.24) is 19.5 Å². The highest BCUT2D eigenvalue weighted by Crippen LogP contribution is 2.29. The zero-order chi connectivity index (χ0) is 13.2. The Labute approximate surface area is 115 Å². The van der Waals surface area contributed by atoms with Gasteiger partial charge in [-0.1, -0.05) is 11.6 Å². The number of hydrogen-bond acceptors (Lipinski definition) is 5. The predicted molar refractivity (Wildman–Crippen MR) is 71.0 cm³/mol. The number of anilines is 1. The second-order valence-corrected chi connectivity index (χ2v) is 4.89. The van der Waals surface area contributed by atoms with E-state index < -0.39 is 0 Å². The summed E-state index contributed by atoms with van der Waals surface area (Å²) in [6.07, 6.45) is 7.63. The van der Waals surface area contributed by atoms with Crippen LogP contribution in [-0.4, -0.2) is 32.2 Å². The minimum Gasteiger partial charge on any atom is -0.368 e. The topological polar surface area (TPSA) is 64.9 Å². The van der Waals surface area contributed by atoms with Crippen LogP contribution in [0.25, 0.3) is 0 Å². The van der Waals surface area contributed by atoms with E-state index in [2.05, 4.69) is 20.3 Å². The van der Waals surface area contributed by atoms with Gasteiger partial charge in [0.15, 0.2) is 0 Å². The van der Waals surface area contributed by atoms with Crippen molar-refractivity contribution in [2.24, 2.45) is 7.05 Å². The van der Waals surface area contributed by atoms with Gasteiger partial charge < -0.3 is 14.6 Å². The zero-order valence-corrected chi connectivity index (χ0v) is 11.2. The van der Waals surface area contributed by atoms with Gasteiger partial charge in [0.1, 0.15) is 11.9 Å². The first-order valence-electron chi connectivity index (χ1n) is 6.07. The molecule has 0 amide bonds. The fourth-order valence-electron chi connectivity index (χ4n) is 2.20. The smallest absolute Gasteiger partial charge is 0.223 e. The number of aryl methyl sites for hydroxylation is 1. The molecule has 0 aromatic carbocycles. The van der Waals surface area contributed by atoms with Crippen molar-refractivity contribution in [2.75, 3.05) is 11.9 Å². The number of rotatable bonds is 3. The molecular weight excluding hydrogens is 266 g/mol. The molecule has 0 saturated carbocycles. The van der Waals surface area contributed by atoms with E-state index >= 15 is 0 Å². The van der Waals surface area contributed by atoms with Crippen LogP contribution in [0, 0.1) is 0 Å². The fraction of sp³-hybridized carbons (Fsp3) is 0.417. The Morgan fingerprint density at radius 2 is 2.16 bits per heavy atom. The summed E-state index contributed by atoms with van der Waals surface area (Å²) in [5.74, 6) is 1.46. The summed E-state index contributed by atoms with van der Waals surface area (Å²) in [5, 5.41) is 3.80. The summed E-state index contributed by atoms with van der Waals surface area (Å²) in [4.78, 5) is 12.6. The van der Waals surface area contributed by atoms with Crippen LogP contribution in [0.5, 0.6) is 0 Å². The normalized spacial score (nSPS) is 22.6. The molecule has 1 aliphatic heterocycles. The van der Waals surface area contributed by atoms with Gasteiger partial charge in [-0.3, -0.25) is 0 Å². The van der Waals surface area contributed by atoms with Gasteiger partial charge in [0.2, 0.25) is 5.95 Å². The molecule has 3 rings (SSSR count). The van der Waals surface area contributed by atoms with Crippen LogP contribution < -0.4 is 5.32 Å². The number of hydrogen-bond donors (Lipinski definition) is 1. The molecule has 0 radical (unpaired) electrons. The van der Waals surface area contributed by atoms with Gasteiger partial charge in [-0.25, -0.2) is 15.0 Å². The first-order chi connectivity index (χ1) is 9.24. The van der Waals surface area contributed by atoms with Crippen LogP contribution in [0.2, 0.25) is 5.02 Å². The first kappa shape index (κ1) is 12.4. The molecular formula is C12H14ClN5O. The third-order valence-corrected chi connectivity index (χ3v) is 3.33. The van der Waals surface area contributed by atoms with Crippen molar-refractivity contribution in [2.45, 2.75) is 18.6 Å². The van der Waals surface area contributed by atoms with E-state index in [9.17, 15) is 0 Å². The Balaban J connectivity index is 1.77. The van der Waals surface area contributed by atoms with Crippen molar-refractivity contribution in [3.63, 3.8) is 0 Å². The molecule has 19 heavy (non-hydrogen) atoms. The number of nitrogens with one attached hydrogen (secondary N) is 1. The maximum atomic E-state index is 5.77. The van der Waals surface area contributed by atoms with E-state index in [1.54, 1.807) is 18.6 Å². The van der Waals surface area contributed by atoms with Crippen molar-refractivity contribution in [1.29, 1.82) is 0 Å². The Morgan fingerprint density at radius 3 is 2.84 bits per heavy atom. The molecule has 1 N–H and O–H groups in total. The Hall–Kier alpha value is -1.66. The summed E-state index contributed by atoms with van der Waals surface area (Å²) in [5.41, 5.74) is 0. The molecule has 7 heteroatoms. The molecule has 2 atom stereocenters. The standard InChI is InChI=1S/C12H14ClN5O/c1-18-4-3-14-11(18)10-9(2-5-19-10)17-12-15-6-8(13)7-16-12/h3-4,6-7,9-10H,2,5H2,1H3,(H,15,16,17)/t9-,10-/m0/s1. The molecule has 0 aliphatic carbocycles. The Kier molecular flexibility index (Phi) is 3.35. The third kappa shape index (κ3) is 2.54. The molecule has 1 aliphatic rings. The van der Waals surface area contributed by atoms with E-state index in [0.29, 0.717) is 17.6 Å². The lowest BCUT2D eigenvalue weighted by molar-refractivity contribution is 0.0982. The lowest BCUT2D eigenvalue weighted by atomic mass is 10.1. The average Bonchev–Trinajstić information content (AvgIpc) is 3.01. The van der Waals surface area contributed by atoms with Gasteiger partial charge in [0.05, 0.1) is 23.5 Å². The third-order valence-electron chi connectivity index (χ3n) is 3.14. The minimum absolute atomic E-state index is 0.0840. The Bertz CT molecular complexity index is 556. The van der Waals surface area contributed by atoms with Gasteiger partial charge >= 0.3 is 0 Å². The fourth-order valence-corrected chi connectivity index (χ4v) is 2.29. The lowest BCUT2D eigenvalue weighted by Crippen LogP contribution is -2.26. The number of nitrogens with zero attached hydrogens (tertiary/aromatic N) is 4. The van der Waals surface area contributed by atoms with Gasteiger partial charge in [-0.05, 0) is 6.42 Å². The predicted octanol–water partition coefficient (Wildman–Crippen LogP) is 1.81. The van der Waals surface area contributed by atoms with E-state index in [4.69, 9.17) is 16.3 Å². The minimum atomic E-state index is -0.0840. The monoisotopic (exact) mass is 279 g/mol. The Morgan fingerprint density at radius 1 is 1.37 bits per heavy atom. The highest BCUT2D eigenvalue weighted by molar-refractivity contribution is 6.30. The molecule has 0 unspecified atom stereocenters. The molecule has 2 aromatic rings. The molecule has 1 saturated heterocycles. The molecule has 100 valence electrons. The highest BCUT2D eigenvalue weighted by Gasteiger charge is 2.32. The van der Waals surface area contributed by atoms with Crippen LogP contribution in [0.4, 0.5) is 5.95 Å². The summed E-state index contributed by atoms with van der Waals surface area (Å²) in [6, 6.07) is 0.113. The number of ether oxygens (including phenoxy) is 1. The van der Waals surface area contributed by atoms with Crippen LogP contribution in [0.15, 0.2) is 24.8 Å². The van der Waals surface area contributed by atoms with Crippen LogP contribution in [0.3, 0.4) is 0 Å². The number of aromatic nitrogens is 4. The molecule has 2 aromatic heterocycles. The zero-order valence-electron chi connectivity index (χ0n) is 10.5. The number of imidazole rings is 1. The second kappa shape index (κ2) is 5.14. The maximum Gasteiger partial charge on any atom is 0.223 e. The van der Waals surface area contributed by atoms with Gasteiger partial charge in [0.25, 0.3) is 0 Å². The van der Waals surface area contributed by atoms with Crippen LogP contribution in [-0.2, 0) is 11.8 Å². The van der Waals surface area contributed by atoms with Gasteiger partial charge in [-0.15, -0.1) is 0 Å².